The molecule has 2 heteroatoms. The van der Waals surface area contributed by atoms with Crippen molar-refractivity contribution in [2.75, 3.05) is 0 Å². The van der Waals surface area contributed by atoms with Gasteiger partial charge in [0.25, 0.3) is 0 Å². The molecule has 0 aromatic heterocycles. The van der Waals surface area contributed by atoms with Crippen LogP contribution in [-0.2, 0) is 9.59 Å². The van der Waals surface area contributed by atoms with Gasteiger partial charge in [0, 0.05) is 19.3 Å². The summed E-state index contributed by atoms with van der Waals surface area (Å²) in [4.78, 5) is 21.2. The van der Waals surface area contributed by atoms with E-state index in [1.165, 1.54) is 38.5 Å². The molecule has 1 aliphatic carbocycles. The first-order chi connectivity index (χ1) is 8.66. The SMILES string of the molecule is CCCCCCCC(C)=O.O=C1CCCCCC1. The van der Waals surface area contributed by atoms with Crippen molar-refractivity contribution in [2.45, 2.75) is 90.9 Å². The van der Waals surface area contributed by atoms with Crippen molar-refractivity contribution in [3.63, 3.8) is 0 Å². The fraction of sp³-hybridized carbons (Fsp3) is 0.875. The lowest BCUT2D eigenvalue weighted by molar-refractivity contribution is -0.119. The highest BCUT2D eigenvalue weighted by Gasteiger charge is 2.05. The summed E-state index contributed by atoms with van der Waals surface area (Å²) < 4.78 is 0. The van der Waals surface area contributed by atoms with Gasteiger partial charge >= 0.3 is 0 Å². The Labute approximate surface area is 113 Å². The van der Waals surface area contributed by atoms with E-state index in [2.05, 4.69) is 6.92 Å². The molecule has 0 aliphatic heterocycles. The van der Waals surface area contributed by atoms with E-state index in [9.17, 15) is 9.59 Å². The van der Waals surface area contributed by atoms with E-state index in [0.717, 1.165) is 38.5 Å². The second-order valence-electron chi connectivity index (χ2n) is 5.32. The van der Waals surface area contributed by atoms with E-state index < -0.39 is 0 Å². The standard InChI is InChI=1S/C9H18O.C7H12O/c1-3-4-5-6-7-8-9(2)10;8-7-5-3-1-2-4-6-7/h3-8H2,1-2H3;1-6H2. The molecular weight excluding hydrogens is 224 g/mol. The highest BCUT2D eigenvalue weighted by molar-refractivity contribution is 5.78. The van der Waals surface area contributed by atoms with Crippen LogP contribution in [-0.4, -0.2) is 11.6 Å². The maximum Gasteiger partial charge on any atom is 0.132 e. The second kappa shape index (κ2) is 12.8. The summed E-state index contributed by atoms with van der Waals surface area (Å²) >= 11 is 0. The van der Waals surface area contributed by atoms with Crippen LogP contribution in [0.5, 0.6) is 0 Å². The molecule has 0 radical (unpaired) electrons. The van der Waals surface area contributed by atoms with Crippen LogP contribution < -0.4 is 0 Å². The number of hydrogen-bond acceptors (Lipinski definition) is 2. The number of Topliss-reactive ketones (excluding diaryl/α,β-unsaturated/α-hetero) is 2. The lowest BCUT2D eigenvalue weighted by Crippen LogP contribution is -1.91. The van der Waals surface area contributed by atoms with Crippen molar-refractivity contribution in [1.29, 1.82) is 0 Å². The van der Waals surface area contributed by atoms with Crippen LogP contribution in [0, 0.1) is 0 Å². The molecule has 0 atom stereocenters. The van der Waals surface area contributed by atoms with E-state index in [-0.39, 0.29) is 0 Å². The van der Waals surface area contributed by atoms with Crippen LogP contribution in [0.3, 0.4) is 0 Å². The number of unbranched alkanes of at least 4 members (excludes halogenated alkanes) is 4. The summed E-state index contributed by atoms with van der Waals surface area (Å²) in [6, 6.07) is 0. The molecular formula is C16H30O2. The summed E-state index contributed by atoms with van der Waals surface area (Å²) in [5.41, 5.74) is 0. The Morgan fingerprint density at radius 1 is 0.944 bits per heavy atom. The molecule has 1 saturated carbocycles. The fourth-order valence-corrected chi connectivity index (χ4v) is 2.10. The third-order valence-corrected chi connectivity index (χ3v) is 3.29. The first-order valence-electron chi connectivity index (χ1n) is 7.68. The molecule has 2 nitrogen and oxygen atoms in total. The molecule has 0 saturated heterocycles. The number of hydrogen-bond donors (Lipinski definition) is 0. The highest BCUT2D eigenvalue weighted by atomic mass is 16.1. The minimum atomic E-state index is 0.330. The van der Waals surface area contributed by atoms with E-state index in [1.54, 1.807) is 6.92 Å². The Balaban J connectivity index is 0.000000327. The summed E-state index contributed by atoms with van der Waals surface area (Å²) in [7, 11) is 0. The monoisotopic (exact) mass is 254 g/mol. The van der Waals surface area contributed by atoms with Crippen LogP contribution in [0.4, 0.5) is 0 Å². The predicted octanol–water partition coefficient (Wildman–Crippen LogP) is 4.85. The topological polar surface area (TPSA) is 34.1 Å². The third kappa shape index (κ3) is 13.4. The Morgan fingerprint density at radius 2 is 1.50 bits per heavy atom. The van der Waals surface area contributed by atoms with Gasteiger partial charge in [-0.15, -0.1) is 0 Å². The van der Waals surface area contributed by atoms with E-state index in [0.29, 0.717) is 11.6 Å². The molecule has 0 bridgehead atoms. The first kappa shape index (κ1) is 17.3. The van der Waals surface area contributed by atoms with Gasteiger partial charge in [-0.05, 0) is 26.2 Å². The molecule has 1 aliphatic rings. The molecule has 0 aromatic carbocycles. The Bertz CT molecular complexity index is 211. The van der Waals surface area contributed by atoms with E-state index >= 15 is 0 Å². The molecule has 0 amide bonds. The number of carbonyl (C=O) groups is 2. The number of ketones is 2. The molecule has 1 fully saturated rings. The lowest BCUT2D eigenvalue weighted by Gasteiger charge is -1.95. The molecule has 106 valence electrons. The zero-order valence-corrected chi connectivity index (χ0v) is 12.3. The summed E-state index contributed by atoms with van der Waals surface area (Å²) in [5, 5.41) is 0. The van der Waals surface area contributed by atoms with Crippen LogP contribution in [0.2, 0.25) is 0 Å². The minimum Gasteiger partial charge on any atom is -0.300 e. The summed E-state index contributed by atoms with van der Waals surface area (Å²) in [6.07, 6.45) is 13.5. The molecule has 0 heterocycles. The quantitative estimate of drug-likeness (QED) is 0.502. The second-order valence-corrected chi connectivity index (χ2v) is 5.32. The van der Waals surface area contributed by atoms with Gasteiger partial charge in [0.1, 0.15) is 11.6 Å². The third-order valence-electron chi connectivity index (χ3n) is 3.29. The van der Waals surface area contributed by atoms with Crippen molar-refractivity contribution in [3.8, 4) is 0 Å². The normalized spacial score (nSPS) is 15.6. The van der Waals surface area contributed by atoms with Crippen molar-refractivity contribution < 1.29 is 9.59 Å². The van der Waals surface area contributed by atoms with Gasteiger partial charge in [-0.1, -0.05) is 45.4 Å². The maximum absolute atomic E-state index is 10.7. The molecule has 0 unspecified atom stereocenters. The zero-order valence-electron chi connectivity index (χ0n) is 12.3. The number of carbonyl (C=O) groups excluding carboxylic acids is 2. The van der Waals surface area contributed by atoms with Crippen LogP contribution in [0.1, 0.15) is 90.9 Å². The zero-order chi connectivity index (χ0) is 13.6. The highest BCUT2D eigenvalue weighted by Crippen LogP contribution is 2.12. The first-order valence-corrected chi connectivity index (χ1v) is 7.68. The fourth-order valence-electron chi connectivity index (χ4n) is 2.10. The lowest BCUT2D eigenvalue weighted by atomic mass is 10.1. The van der Waals surface area contributed by atoms with Crippen LogP contribution >= 0.6 is 0 Å². The van der Waals surface area contributed by atoms with Crippen molar-refractivity contribution in [3.05, 3.63) is 0 Å². The molecule has 0 N–H and O–H groups in total. The molecule has 0 aromatic rings. The number of rotatable bonds is 6. The average molecular weight is 254 g/mol. The van der Waals surface area contributed by atoms with Crippen molar-refractivity contribution in [2.24, 2.45) is 0 Å². The van der Waals surface area contributed by atoms with Crippen LogP contribution in [0.25, 0.3) is 0 Å². The Morgan fingerprint density at radius 3 is 2.00 bits per heavy atom. The van der Waals surface area contributed by atoms with Gasteiger partial charge in [0.2, 0.25) is 0 Å². The van der Waals surface area contributed by atoms with Gasteiger partial charge < -0.3 is 4.79 Å². The average Bonchev–Trinajstić information content (AvgIpc) is 2.57. The van der Waals surface area contributed by atoms with Gasteiger partial charge in [-0.3, -0.25) is 4.79 Å². The van der Waals surface area contributed by atoms with Gasteiger partial charge in [-0.25, -0.2) is 0 Å². The van der Waals surface area contributed by atoms with Crippen molar-refractivity contribution in [1.82, 2.24) is 0 Å². The van der Waals surface area contributed by atoms with Gasteiger partial charge in [0.05, 0.1) is 0 Å². The molecule has 1 rings (SSSR count). The Hall–Kier alpha value is -0.660. The smallest absolute Gasteiger partial charge is 0.132 e. The summed E-state index contributed by atoms with van der Waals surface area (Å²) in [5.74, 6) is 0.805. The predicted molar refractivity (Wildman–Crippen MR) is 76.8 cm³/mol. The van der Waals surface area contributed by atoms with E-state index in [1.807, 2.05) is 0 Å². The molecule has 18 heavy (non-hydrogen) atoms. The Kier molecular flexibility index (Phi) is 12.3. The van der Waals surface area contributed by atoms with Gasteiger partial charge in [0.15, 0.2) is 0 Å². The van der Waals surface area contributed by atoms with Crippen molar-refractivity contribution >= 4 is 11.6 Å². The van der Waals surface area contributed by atoms with Gasteiger partial charge in [-0.2, -0.15) is 0 Å². The molecule has 0 spiro atoms. The van der Waals surface area contributed by atoms with Crippen LogP contribution in [0.15, 0.2) is 0 Å². The minimum absolute atomic E-state index is 0.330. The summed E-state index contributed by atoms with van der Waals surface area (Å²) in [6.45, 7) is 3.87. The maximum atomic E-state index is 10.7. The largest absolute Gasteiger partial charge is 0.300 e. The van der Waals surface area contributed by atoms with E-state index in [4.69, 9.17) is 0 Å².